The van der Waals surface area contributed by atoms with Crippen LogP contribution in [0.4, 0.5) is 0 Å². The first kappa shape index (κ1) is 23.7. The minimum absolute atomic E-state index is 0.0666. The number of methoxy groups -OCH3 is 1. The van der Waals surface area contributed by atoms with Crippen molar-refractivity contribution in [2.75, 3.05) is 13.7 Å². The Morgan fingerprint density at radius 3 is 2.75 bits per heavy atom. The molecule has 5 rings (SSSR count). The second-order valence-corrected chi connectivity index (χ2v) is 9.18. The van der Waals surface area contributed by atoms with Crippen molar-refractivity contribution in [1.82, 2.24) is 29.7 Å². The van der Waals surface area contributed by atoms with Crippen LogP contribution in [0.15, 0.2) is 57.8 Å². The molecule has 11 nitrogen and oxygen atoms in total. The lowest BCUT2D eigenvalue weighted by Crippen LogP contribution is -2.38. The van der Waals surface area contributed by atoms with Gasteiger partial charge in [0.25, 0.3) is 5.88 Å². The standard InChI is InChI=1S/C25H28N6O5/c1-15(2)22(19-12-20(34-3)28-35-19)25(33)31-13-17(32)11-18(31)24-26-9-10-30(24)14-21-27-23(29-36-21)16-7-5-4-6-8-16/h4-10,12,15,17-18,22,32H,11,13-14H2,1-3H3/t17-,18+,22?/m1/s1. The fraction of sp³-hybridized carbons (Fsp3) is 0.400. The Bertz CT molecular complexity index is 1310. The monoisotopic (exact) mass is 492 g/mol. The largest absolute Gasteiger partial charge is 0.479 e. The summed E-state index contributed by atoms with van der Waals surface area (Å²) in [5.41, 5.74) is 0.859. The number of hydrogen-bond donors (Lipinski definition) is 1. The number of carbonyl (C=O) groups is 1. The highest BCUT2D eigenvalue weighted by molar-refractivity contribution is 5.84. The highest BCUT2D eigenvalue weighted by atomic mass is 16.5. The Balaban J connectivity index is 1.39. The molecule has 1 aliphatic heterocycles. The molecule has 3 atom stereocenters. The van der Waals surface area contributed by atoms with Crippen LogP contribution in [0.3, 0.4) is 0 Å². The van der Waals surface area contributed by atoms with Gasteiger partial charge < -0.3 is 28.4 Å². The Labute approximate surface area is 207 Å². The molecular weight excluding hydrogens is 464 g/mol. The molecule has 1 saturated heterocycles. The molecular formula is C25H28N6O5. The summed E-state index contributed by atoms with van der Waals surface area (Å²) in [6, 6.07) is 10.8. The Morgan fingerprint density at radius 1 is 1.22 bits per heavy atom. The number of likely N-dealkylation sites (tertiary alicyclic amines) is 1. The van der Waals surface area contributed by atoms with Crippen LogP contribution in [0.1, 0.15) is 49.7 Å². The lowest BCUT2D eigenvalue weighted by atomic mass is 9.91. The van der Waals surface area contributed by atoms with E-state index in [0.717, 1.165) is 5.56 Å². The van der Waals surface area contributed by atoms with Crippen LogP contribution in [0, 0.1) is 5.92 Å². The van der Waals surface area contributed by atoms with Gasteiger partial charge in [0.15, 0.2) is 5.76 Å². The van der Waals surface area contributed by atoms with Crippen LogP contribution in [-0.2, 0) is 11.3 Å². The van der Waals surface area contributed by atoms with Gasteiger partial charge in [0.05, 0.1) is 19.3 Å². The number of hydrogen-bond acceptors (Lipinski definition) is 9. The molecule has 1 amide bonds. The first-order chi connectivity index (χ1) is 17.4. The summed E-state index contributed by atoms with van der Waals surface area (Å²) in [7, 11) is 1.49. The van der Waals surface area contributed by atoms with E-state index in [1.807, 2.05) is 48.7 Å². The maximum atomic E-state index is 13.8. The van der Waals surface area contributed by atoms with Crippen LogP contribution < -0.4 is 4.74 Å². The quantitative estimate of drug-likeness (QED) is 0.394. The van der Waals surface area contributed by atoms with Crippen molar-refractivity contribution in [3.05, 3.63) is 66.3 Å². The van der Waals surface area contributed by atoms with Gasteiger partial charge >= 0.3 is 0 Å². The smallest absolute Gasteiger partial charge is 0.254 e. The summed E-state index contributed by atoms with van der Waals surface area (Å²) in [6.45, 7) is 4.38. The van der Waals surface area contributed by atoms with E-state index in [4.69, 9.17) is 13.8 Å². The third-order valence-corrected chi connectivity index (χ3v) is 6.37. The zero-order valence-electron chi connectivity index (χ0n) is 20.3. The second-order valence-electron chi connectivity index (χ2n) is 9.18. The molecule has 0 bridgehead atoms. The van der Waals surface area contributed by atoms with E-state index >= 15 is 0 Å². The zero-order valence-corrected chi connectivity index (χ0v) is 20.3. The maximum Gasteiger partial charge on any atom is 0.254 e. The predicted octanol–water partition coefficient (Wildman–Crippen LogP) is 3.05. The molecule has 1 unspecified atom stereocenters. The van der Waals surface area contributed by atoms with E-state index in [0.29, 0.717) is 35.6 Å². The first-order valence-electron chi connectivity index (χ1n) is 11.8. The summed E-state index contributed by atoms with van der Waals surface area (Å²) in [4.78, 5) is 24.5. The van der Waals surface area contributed by atoms with Gasteiger partial charge in [-0.25, -0.2) is 4.98 Å². The summed E-state index contributed by atoms with van der Waals surface area (Å²) in [6.07, 6.45) is 3.16. The summed E-state index contributed by atoms with van der Waals surface area (Å²) in [5.74, 6) is 1.48. The fourth-order valence-electron chi connectivity index (χ4n) is 4.65. The Morgan fingerprint density at radius 2 is 2.03 bits per heavy atom. The number of aliphatic hydroxyl groups excluding tert-OH is 1. The Hall–Kier alpha value is -3.99. The van der Waals surface area contributed by atoms with Gasteiger partial charge in [0.2, 0.25) is 17.6 Å². The molecule has 0 saturated carbocycles. The van der Waals surface area contributed by atoms with Gasteiger partial charge in [0.1, 0.15) is 18.3 Å². The van der Waals surface area contributed by atoms with Gasteiger partial charge in [-0.3, -0.25) is 4.79 Å². The van der Waals surface area contributed by atoms with Crippen molar-refractivity contribution in [3.8, 4) is 17.3 Å². The fourth-order valence-corrected chi connectivity index (χ4v) is 4.65. The van der Waals surface area contributed by atoms with Crippen molar-refractivity contribution >= 4 is 5.91 Å². The molecule has 0 aliphatic carbocycles. The van der Waals surface area contributed by atoms with Crippen molar-refractivity contribution in [2.24, 2.45) is 5.92 Å². The van der Waals surface area contributed by atoms with Crippen molar-refractivity contribution in [1.29, 1.82) is 0 Å². The molecule has 11 heteroatoms. The van der Waals surface area contributed by atoms with Crippen LogP contribution in [-0.4, -0.2) is 60.5 Å². The molecule has 36 heavy (non-hydrogen) atoms. The number of benzene rings is 1. The van der Waals surface area contributed by atoms with Gasteiger partial charge in [-0.15, -0.1) is 0 Å². The van der Waals surface area contributed by atoms with Crippen LogP contribution in [0.5, 0.6) is 5.88 Å². The average molecular weight is 493 g/mol. The minimum Gasteiger partial charge on any atom is -0.479 e. The lowest BCUT2D eigenvalue weighted by Gasteiger charge is -2.29. The first-order valence-corrected chi connectivity index (χ1v) is 11.8. The molecule has 1 N–H and O–H groups in total. The van der Waals surface area contributed by atoms with Crippen molar-refractivity contribution in [2.45, 2.75) is 44.9 Å². The van der Waals surface area contributed by atoms with E-state index in [1.54, 1.807) is 23.4 Å². The molecule has 1 aliphatic rings. The van der Waals surface area contributed by atoms with E-state index in [2.05, 4.69) is 20.3 Å². The summed E-state index contributed by atoms with van der Waals surface area (Å²) in [5, 5.41) is 18.5. The maximum absolute atomic E-state index is 13.8. The number of aromatic nitrogens is 5. The van der Waals surface area contributed by atoms with Crippen molar-refractivity contribution < 1.29 is 23.7 Å². The molecule has 1 fully saturated rings. The minimum atomic E-state index is -0.672. The number of carbonyl (C=O) groups excluding carboxylic acids is 1. The highest BCUT2D eigenvalue weighted by Gasteiger charge is 2.42. The normalized spacial score (nSPS) is 18.6. The predicted molar refractivity (Wildman–Crippen MR) is 127 cm³/mol. The number of nitrogens with zero attached hydrogens (tertiary/aromatic N) is 6. The van der Waals surface area contributed by atoms with Crippen LogP contribution >= 0.6 is 0 Å². The third kappa shape index (κ3) is 4.61. The summed E-state index contributed by atoms with van der Waals surface area (Å²) >= 11 is 0. The molecule has 4 heterocycles. The number of imidazole rings is 1. The van der Waals surface area contributed by atoms with E-state index in [9.17, 15) is 9.90 Å². The SMILES string of the molecule is COc1cc(C(C(=O)N2C[C@H](O)C[C@H]2c2nccn2Cc2nc(-c3ccccc3)no2)C(C)C)on1. The number of amides is 1. The van der Waals surface area contributed by atoms with Crippen LogP contribution in [0.25, 0.3) is 11.4 Å². The summed E-state index contributed by atoms with van der Waals surface area (Å²) < 4.78 is 17.9. The number of ether oxygens (including phenoxy) is 1. The van der Waals surface area contributed by atoms with E-state index in [1.165, 1.54) is 7.11 Å². The third-order valence-electron chi connectivity index (χ3n) is 6.37. The van der Waals surface area contributed by atoms with Gasteiger partial charge in [0, 0.05) is 37.0 Å². The number of β-amino-alcohol motifs (C(OH)–C–C–N with tert-alkyl or cyclic N) is 1. The van der Waals surface area contributed by atoms with Crippen molar-refractivity contribution in [3.63, 3.8) is 0 Å². The Kier molecular flexibility index (Phi) is 6.55. The molecule has 188 valence electrons. The molecule has 4 aromatic rings. The molecule has 1 aromatic carbocycles. The molecule has 3 aromatic heterocycles. The average Bonchev–Trinajstić information content (AvgIpc) is 3.67. The van der Waals surface area contributed by atoms with Gasteiger partial charge in [-0.05, 0) is 11.1 Å². The van der Waals surface area contributed by atoms with E-state index in [-0.39, 0.29) is 24.9 Å². The molecule has 0 spiro atoms. The highest BCUT2D eigenvalue weighted by Crippen LogP contribution is 2.37. The van der Waals surface area contributed by atoms with E-state index < -0.39 is 18.1 Å². The zero-order chi connectivity index (χ0) is 25.2. The lowest BCUT2D eigenvalue weighted by molar-refractivity contribution is -0.135. The van der Waals surface area contributed by atoms with Crippen LogP contribution in [0.2, 0.25) is 0 Å². The second kappa shape index (κ2) is 9.94. The molecule has 0 radical (unpaired) electrons. The van der Waals surface area contributed by atoms with Gasteiger partial charge in [-0.1, -0.05) is 49.3 Å². The number of aliphatic hydroxyl groups is 1. The van der Waals surface area contributed by atoms with Gasteiger partial charge in [-0.2, -0.15) is 4.98 Å². The topological polar surface area (TPSA) is 133 Å². The number of rotatable bonds is 8.